The molecular formula is C25H23FN2O4. The normalized spacial score (nSPS) is 20.9. The zero-order chi connectivity index (χ0) is 22.4. The number of likely N-dealkylation sites (N-methyl/N-ethyl adjacent to an activating group) is 1. The summed E-state index contributed by atoms with van der Waals surface area (Å²) in [6.07, 6.45) is 4.19. The van der Waals surface area contributed by atoms with E-state index in [4.69, 9.17) is 4.74 Å². The van der Waals surface area contributed by atoms with Crippen molar-refractivity contribution in [3.63, 3.8) is 0 Å². The zero-order valence-corrected chi connectivity index (χ0v) is 17.7. The lowest BCUT2D eigenvalue weighted by Crippen LogP contribution is -2.40. The summed E-state index contributed by atoms with van der Waals surface area (Å²) in [5, 5.41) is 0. The van der Waals surface area contributed by atoms with Gasteiger partial charge in [0.25, 0.3) is 5.91 Å². The highest BCUT2D eigenvalue weighted by Crippen LogP contribution is 2.33. The molecule has 164 valence electrons. The van der Waals surface area contributed by atoms with Crippen LogP contribution in [-0.4, -0.2) is 53.8 Å². The molecule has 2 aliphatic heterocycles. The van der Waals surface area contributed by atoms with Gasteiger partial charge >= 0.3 is 5.97 Å². The van der Waals surface area contributed by atoms with Gasteiger partial charge in [-0.15, -0.1) is 0 Å². The van der Waals surface area contributed by atoms with Gasteiger partial charge in [0.15, 0.2) is 0 Å². The van der Waals surface area contributed by atoms with E-state index in [9.17, 15) is 18.8 Å². The van der Waals surface area contributed by atoms with Crippen LogP contribution < -0.4 is 0 Å². The predicted molar refractivity (Wildman–Crippen MR) is 116 cm³/mol. The summed E-state index contributed by atoms with van der Waals surface area (Å²) in [6, 6.07) is 11.3. The van der Waals surface area contributed by atoms with Crippen LogP contribution in [0.15, 0.2) is 42.5 Å². The highest BCUT2D eigenvalue weighted by molar-refractivity contribution is 6.06. The number of halogens is 1. The number of fused-ring (bicyclic) bond motifs is 1. The molecule has 1 saturated heterocycles. The number of esters is 1. The van der Waals surface area contributed by atoms with Crippen LogP contribution in [0.3, 0.4) is 0 Å². The Morgan fingerprint density at radius 1 is 1.12 bits per heavy atom. The summed E-state index contributed by atoms with van der Waals surface area (Å²) in [6.45, 7) is 0.866. The molecule has 2 aromatic carbocycles. The summed E-state index contributed by atoms with van der Waals surface area (Å²) in [7, 11) is 1.79. The van der Waals surface area contributed by atoms with Gasteiger partial charge in [-0.05, 0) is 49.1 Å². The Hall–Kier alpha value is -3.48. The molecule has 2 fully saturated rings. The monoisotopic (exact) mass is 434 g/mol. The summed E-state index contributed by atoms with van der Waals surface area (Å²) < 4.78 is 19.9. The second kappa shape index (κ2) is 7.89. The number of nitrogens with zero attached hydrogens (tertiary/aromatic N) is 2. The third-order valence-corrected chi connectivity index (χ3v) is 6.41. The topological polar surface area (TPSA) is 66.9 Å². The van der Waals surface area contributed by atoms with Crippen molar-refractivity contribution < 1.29 is 23.5 Å². The van der Waals surface area contributed by atoms with E-state index in [1.54, 1.807) is 47.2 Å². The maximum atomic E-state index is 14.6. The lowest BCUT2D eigenvalue weighted by Gasteiger charge is -2.25. The van der Waals surface area contributed by atoms with Gasteiger partial charge in [-0.2, -0.15) is 0 Å². The van der Waals surface area contributed by atoms with Crippen LogP contribution in [0.4, 0.5) is 4.39 Å². The van der Waals surface area contributed by atoms with Crippen molar-refractivity contribution in [2.45, 2.75) is 25.3 Å². The summed E-state index contributed by atoms with van der Waals surface area (Å²) >= 11 is 0. The molecule has 3 aliphatic rings. The lowest BCUT2D eigenvalue weighted by molar-refractivity contribution is -0.133. The molecule has 32 heavy (non-hydrogen) atoms. The second-order valence-electron chi connectivity index (χ2n) is 8.60. The number of likely N-dealkylation sites (tertiary alicyclic amines) is 1. The van der Waals surface area contributed by atoms with E-state index in [1.807, 2.05) is 6.07 Å². The van der Waals surface area contributed by atoms with Crippen LogP contribution >= 0.6 is 0 Å². The molecule has 7 heteroatoms. The van der Waals surface area contributed by atoms with Crippen LogP contribution in [0.5, 0.6) is 0 Å². The first-order chi connectivity index (χ1) is 15.4. The number of benzene rings is 2. The minimum absolute atomic E-state index is 0.0335. The van der Waals surface area contributed by atoms with E-state index < -0.39 is 17.7 Å². The van der Waals surface area contributed by atoms with Crippen molar-refractivity contribution in [3.8, 4) is 0 Å². The fraction of sp³-hybridized carbons (Fsp3) is 0.320. The van der Waals surface area contributed by atoms with Crippen molar-refractivity contribution in [1.82, 2.24) is 9.80 Å². The smallest absolute Gasteiger partial charge is 0.344 e. The van der Waals surface area contributed by atoms with Crippen LogP contribution in [0.1, 0.15) is 51.1 Å². The molecule has 0 N–H and O–H groups in total. The van der Waals surface area contributed by atoms with E-state index in [2.05, 4.69) is 0 Å². The molecule has 6 nitrogen and oxygen atoms in total. The standard InChI is InChI=1S/C25H23FN2O4/c1-27(23(29)16-7-8-16)17-10-11-28(14-17)24(30)20-12-15(6-9-21(20)26)13-22-18-4-2-3-5-19(18)25(31)32-22/h2-6,9,12-13,16-17H,7-8,10-11,14H2,1H3/b22-13-/t17-/m0/s1. The first-order valence-electron chi connectivity index (χ1n) is 10.8. The van der Waals surface area contributed by atoms with Gasteiger partial charge in [-0.1, -0.05) is 24.3 Å². The van der Waals surface area contributed by atoms with Crippen LogP contribution in [0.25, 0.3) is 11.8 Å². The molecule has 5 rings (SSSR count). The van der Waals surface area contributed by atoms with E-state index in [0.29, 0.717) is 42.0 Å². The largest absolute Gasteiger partial charge is 0.422 e. The highest BCUT2D eigenvalue weighted by atomic mass is 19.1. The number of hydrogen-bond donors (Lipinski definition) is 0. The molecule has 0 unspecified atom stereocenters. The fourth-order valence-electron chi connectivity index (χ4n) is 4.35. The average Bonchev–Trinajstić information content (AvgIpc) is 3.45. The molecule has 2 aromatic rings. The molecular weight excluding hydrogens is 411 g/mol. The van der Waals surface area contributed by atoms with E-state index >= 15 is 0 Å². The lowest BCUT2D eigenvalue weighted by atomic mass is 10.0. The third kappa shape index (κ3) is 3.68. The average molecular weight is 434 g/mol. The van der Waals surface area contributed by atoms with Gasteiger partial charge in [0.1, 0.15) is 11.6 Å². The minimum atomic E-state index is -0.605. The van der Waals surface area contributed by atoms with E-state index in [0.717, 1.165) is 12.8 Å². The molecule has 0 spiro atoms. The molecule has 1 aliphatic carbocycles. The minimum Gasteiger partial charge on any atom is -0.422 e. The molecule has 0 radical (unpaired) electrons. The molecule has 1 atom stereocenters. The molecule has 0 aromatic heterocycles. The Kier molecular flexibility index (Phi) is 5.04. The number of cyclic esters (lactones) is 1. The third-order valence-electron chi connectivity index (χ3n) is 6.41. The number of amides is 2. The fourth-order valence-corrected chi connectivity index (χ4v) is 4.35. The van der Waals surface area contributed by atoms with Crippen LogP contribution in [-0.2, 0) is 9.53 Å². The van der Waals surface area contributed by atoms with Crippen molar-refractivity contribution in [1.29, 1.82) is 0 Å². The Morgan fingerprint density at radius 2 is 1.88 bits per heavy atom. The van der Waals surface area contributed by atoms with Gasteiger partial charge in [0.05, 0.1) is 17.2 Å². The Morgan fingerprint density at radius 3 is 2.62 bits per heavy atom. The number of hydrogen-bond acceptors (Lipinski definition) is 4. The SMILES string of the molecule is CN(C(=O)C1CC1)[C@H]1CCN(C(=O)c2cc(/C=C3\OC(=O)c4ccccc43)ccc2F)C1. The molecule has 2 heterocycles. The molecule has 0 bridgehead atoms. The van der Waals surface area contributed by atoms with Crippen LogP contribution in [0.2, 0.25) is 0 Å². The number of rotatable bonds is 4. The predicted octanol–water partition coefficient (Wildman–Crippen LogP) is 3.58. The number of ether oxygens (including phenoxy) is 1. The second-order valence-corrected chi connectivity index (χ2v) is 8.60. The van der Waals surface area contributed by atoms with Crippen molar-refractivity contribution in [3.05, 3.63) is 70.5 Å². The van der Waals surface area contributed by atoms with Crippen molar-refractivity contribution in [2.24, 2.45) is 5.92 Å². The summed E-state index contributed by atoms with van der Waals surface area (Å²) in [4.78, 5) is 40.8. The van der Waals surface area contributed by atoms with Gasteiger partial charge < -0.3 is 14.5 Å². The van der Waals surface area contributed by atoms with Crippen LogP contribution in [0, 0.1) is 11.7 Å². The quantitative estimate of drug-likeness (QED) is 0.690. The van der Waals surface area contributed by atoms with Gasteiger partial charge in [0, 0.05) is 31.6 Å². The Labute approximate surface area is 185 Å². The molecule has 1 saturated carbocycles. The highest BCUT2D eigenvalue weighted by Gasteiger charge is 2.38. The Balaban J connectivity index is 1.35. The Bertz CT molecular complexity index is 1150. The van der Waals surface area contributed by atoms with Crippen molar-refractivity contribution >= 4 is 29.6 Å². The summed E-state index contributed by atoms with van der Waals surface area (Å²) in [5.41, 5.74) is 1.67. The van der Waals surface area contributed by atoms with Gasteiger partial charge in [-0.3, -0.25) is 9.59 Å². The van der Waals surface area contributed by atoms with E-state index in [1.165, 1.54) is 12.1 Å². The number of carbonyl (C=O) groups excluding carboxylic acids is 3. The first-order valence-corrected chi connectivity index (χ1v) is 10.8. The van der Waals surface area contributed by atoms with Gasteiger partial charge in [-0.25, -0.2) is 9.18 Å². The first kappa shape index (κ1) is 20.4. The maximum absolute atomic E-state index is 14.6. The summed E-state index contributed by atoms with van der Waals surface area (Å²) in [5.74, 6) is -0.805. The van der Waals surface area contributed by atoms with Gasteiger partial charge in [0.2, 0.25) is 5.91 Å². The molecule has 2 amide bonds. The zero-order valence-electron chi connectivity index (χ0n) is 17.7. The van der Waals surface area contributed by atoms with E-state index in [-0.39, 0.29) is 23.4 Å². The number of carbonyl (C=O) groups is 3. The van der Waals surface area contributed by atoms with Crippen molar-refractivity contribution in [2.75, 3.05) is 20.1 Å². The maximum Gasteiger partial charge on any atom is 0.344 e.